The minimum atomic E-state index is -0.421. The van der Waals surface area contributed by atoms with Gasteiger partial charge in [-0.25, -0.2) is 4.79 Å². The van der Waals surface area contributed by atoms with Gasteiger partial charge in [0.2, 0.25) is 0 Å². The Labute approximate surface area is 139 Å². The van der Waals surface area contributed by atoms with Gasteiger partial charge in [-0.2, -0.15) is 0 Å². The Hall–Kier alpha value is -1.65. The number of ether oxygens (including phenoxy) is 1. The first-order valence-electron chi connectivity index (χ1n) is 8.05. The molecule has 0 atom stereocenters. The van der Waals surface area contributed by atoms with Crippen LogP contribution in [0.1, 0.15) is 46.1 Å². The summed E-state index contributed by atoms with van der Waals surface area (Å²) in [6.07, 6.45) is 2.92. The lowest BCUT2D eigenvalue weighted by atomic mass is 9.80. The molecular formula is C19H27NO3. The first-order chi connectivity index (χ1) is 10.7. The van der Waals surface area contributed by atoms with Gasteiger partial charge < -0.3 is 9.57 Å². The van der Waals surface area contributed by atoms with Crippen LogP contribution in [0.15, 0.2) is 43.0 Å². The van der Waals surface area contributed by atoms with E-state index in [0.717, 1.165) is 12.8 Å². The Morgan fingerprint density at radius 3 is 2.30 bits per heavy atom. The van der Waals surface area contributed by atoms with Crippen molar-refractivity contribution in [1.29, 1.82) is 0 Å². The van der Waals surface area contributed by atoms with Crippen molar-refractivity contribution < 1.29 is 14.4 Å². The van der Waals surface area contributed by atoms with Gasteiger partial charge in [0, 0.05) is 6.08 Å². The van der Waals surface area contributed by atoms with Crippen molar-refractivity contribution in [2.75, 3.05) is 0 Å². The highest BCUT2D eigenvalue weighted by Crippen LogP contribution is 2.40. The number of hydrogen-bond donors (Lipinski definition) is 0. The van der Waals surface area contributed by atoms with E-state index in [1.807, 2.05) is 18.2 Å². The zero-order valence-corrected chi connectivity index (χ0v) is 14.5. The third-order valence-electron chi connectivity index (χ3n) is 4.23. The van der Waals surface area contributed by atoms with E-state index in [0.29, 0.717) is 6.61 Å². The van der Waals surface area contributed by atoms with E-state index in [-0.39, 0.29) is 17.2 Å². The summed E-state index contributed by atoms with van der Waals surface area (Å²) < 4.78 is 6.13. The Morgan fingerprint density at radius 2 is 1.78 bits per heavy atom. The van der Waals surface area contributed by atoms with Crippen molar-refractivity contribution in [2.24, 2.45) is 0 Å². The Bertz CT molecular complexity index is 533. The summed E-state index contributed by atoms with van der Waals surface area (Å²) in [5.41, 5.74) is 0.562. The molecule has 23 heavy (non-hydrogen) atoms. The third-order valence-corrected chi connectivity index (χ3v) is 4.23. The Balaban J connectivity index is 2.04. The Morgan fingerprint density at radius 1 is 1.22 bits per heavy atom. The molecule has 126 valence electrons. The average molecular weight is 317 g/mol. The SMILES string of the molecule is C=CC(=O)ON1C(C)(C)CC(OCc2ccccc2)CC1(C)C. The highest BCUT2D eigenvalue weighted by atomic mass is 16.7. The van der Waals surface area contributed by atoms with Crippen LogP contribution in [0.3, 0.4) is 0 Å². The van der Waals surface area contributed by atoms with Crippen molar-refractivity contribution in [1.82, 2.24) is 5.06 Å². The minimum absolute atomic E-state index is 0.124. The molecule has 1 aromatic carbocycles. The van der Waals surface area contributed by atoms with Gasteiger partial charge in [-0.05, 0) is 46.1 Å². The number of benzene rings is 1. The van der Waals surface area contributed by atoms with E-state index in [4.69, 9.17) is 9.57 Å². The predicted molar refractivity (Wildman–Crippen MR) is 90.5 cm³/mol. The van der Waals surface area contributed by atoms with Gasteiger partial charge in [0.15, 0.2) is 0 Å². The maximum atomic E-state index is 11.6. The van der Waals surface area contributed by atoms with Crippen LogP contribution in [-0.2, 0) is 21.0 Å². The van der Waals surface area contributed by atoms with Gasteiger partial charge in [0.25, 0.3) is 0 Å². The molecule has 1 aromatic rings. The van der Waals surface area contributed by atoms with Crippen molar-refractivity contribution in [2.45, 2.75) is 64.3 Å². The predicted octanol–water partition coefficient (Wildman–Crippen LogP) is 3.87. The van der Waals surface area contributed by atoms with E-state index < -0.39 is 5.97 Å². The second-order valence-electron chi connectivity index (χ2n) is 7.36. The third kappa shape index (κ3) is 4.43. The molecule has 1 aliphatic heterocycles. The molecule has 1 aliphatic rings. The molecule has 1 heterocycles. The van der Waals surface area contributed by atoms with Crippen molar-refractivity contribution in [3.8, 4) is 0 Å². The van der Waals surface area contributed by atoms with E-state index in [9.17, 15) is 4.79 Å². The monoisotopic (exact) mass is 317 g/mol. The average Bonchev–Trinajstić information content (AvgIpc) is 2.49. The van der Waals surface area contributed by atoms with Crippen LogP contribution in [0.25, 0.3) is 0 Å². The molecule has 0 radical (unpaired) electrons. The standard InChI is InChI=1S/C19H27NO3/c1-6-17(21)23-20-18(2,3)12-16(13-19(20,4)5)22-14-15-10-8-7-9-11-15/h6-11,16H,1,12-14H2,2-5H3. The molecule has 1 fully saturated rings. The van der Waals surface area contributed by atoms with Crippen LogP contribution >= 0.6 is 0 Å². The molecule has 4 heteroatoms. The fraction of sp³-hybridized carbons (Fsp3) is 0.526. The zero-order chi connectivity index (χ0) is 17.1. The van der Waals surface area contributed by atoms with Crippen molar-refractivity contribution in [3.63, 3.8) is 0 Å². The maximum Gasteiger partial charge on any atom is 0.349 e. The number of piperidine rings is 1. The molecule has 2 rings (SSSR count). The quantitative estimate of drug-likeness (QED) is 0.773. The number of nitrogens with zero attached hydrogens (tertiary/aromatic N) is 1. The maximum absolute atomic E-state index is 11.6. The van der Waals surface area contributed by atoms with Crippen LogP contribution < -0.4 is 0 Å². The van der Waals surface area contributed by atoms with Gasteiger partial charge in [-0.15, -0.1) is 5.06 Å². The van der Waals surface area contributed by atoms with Gasteiger partial charge in [-0.1, -0.05) is 36.9 Å². The van der Waals surface area contributed by atoms with Crippen molar-refractivity contribution >= 4 is 5.97 Å². The number of rotatable bonds is 5. The van der Waals surface area contributed by atoms with Crippen LogP contribution in [0, 0.1) is 0 Å². The number of hydrogen-bond acceptors (Lipinski definition) is 4. The highest BCUT2D eigenvalue weighted by molar-refractivity contribution is 5.81. The molecular weight excluding hydrogens is 290 g/mol. The van der Waals surface area contributed by atoms with Gasteiger partial charge >= 0.3 is 5.97 Å². The van der Waals surface area contributed by atoms with Crippen molar-refractivity contribution in [3.05, 3.63) is 48.6 Å². The topological polar surface area (TPSA) is 38.8 Å². The molecule has 0 unspecified atom stereocenters. The normalized spacial score (nSPS) is 20.9. The molecule has 0 bridgehead atoms. The van der Waals surface area contributed by atoms with E-state index in [1.54, 1.807) is 5.06 Å². The zero-order valence-electron chi connectivity index (χ0n) is 14.5. The molecule has 0 aromatic heterocycles. The summed E-state index contributed by atoms with van der Waals surface area (Å²) in [4.78, 5) is 17.1. The second kappa shape index (κ2) is 6.85. The molecule has 0 N–H and O–H groups in total. The molecule has 0 saturated carbocycles. The highest BCUT2D eigenvalue weighted by Gasteiger charge is 2.48. The molecule has 4 nitrogen and oxygen atoms in total. The first-order valence-corrected chi connectivity index (χ1v) is 8.05. The van der Waals surface area contributed by atoms with Gasteiger partial charge in [0.1, 0.15) is 0 Å². The second-order valence-corrected chi connectivity index (χ2v) is 7.36. The molecule has 0 spiro atoms. The van der Waals surface area contributed by atoms with Gasteiger partial charge in [0.05, 0.1) is 23.8 Å². The van der Waals surface area contributed by atoms with E-state index in [1.165, 1.54) is 11.6 Å². The summed E-state index contributed by atoms with van der Waals surface area (Å²) in [5, 5.41) is 1.80. The van der Waals surface area contributed by atoms with E-state index in [2.05, 4.69) is 46.4 Å². The van der Waals surface area contributed by atoms with Gasteiger partial charge in [-0.3, -0.25) is 0 Å². The smallest absolute Gasteiger partial charge is 0.349 e. The summed E-state index contributed by atoms with van der Waals surface area (Å²) >= 11 is 0. The number of carbonyl (C=O) groups is 1. The summed E-state index contributed by atoms with van der Waals surface area (Å²) in [7, 11) is 0. The number of carbonyl (C=O) groups excluding carboxylic acids is 1. The summed E-state index contributed by atoms with van der Waals surface area (Å²) in [6, 6.07) is 10.2. The largest absolute Gasteiger partial charge is 0.373 e. The lowest BCUT2D eigenvalue weighted by Gasteiger charge is -2.52. The van der Waals surface area contributed by atoms with Crippen LogP contribution in [0.5, 0.6) is 0 Å². The molecule has 0 aliphatic carbocycles. The minimum Gasteiger partial charge on any atom is -0.373 e. The molecule has 1 saturated heterocycles. The fourth-order valence-electron chi connectivity index (χ4n) is 3.45. The summed E-state index contributed by atoms with van der Waals surface area (Å²) in [6.45, 7) is 12.4. The lowest BCUT2D eigenvalue weighted by Crippen LogP contribution is -2.62. The van der Waals surface area contributed by atoms with E-state index >= 15 is 0 Å². The van der Waals surface area contributed by atoms with Crippen LogP contribution in [-0.4, -0.2) is 28.2 Å². The Kier molecular flexibility index (Phi) is 5.27. The fourth-order valence-corrected chi connectivity index (χ4v) is 3.45. The summed E-state index contributed by atoms with van der Waals surface area (Å²) in [5.74, 6) is -0.421. The molecule has 0 amide bonds. The number of hydroxylamine groups is 2. The first kappa shape index (κ1) is 17.7. The lowest BCUT2D eigenvalue weighted by molar-refractivity contribution is -0.276. The van der Waals surface area contributed by atoms with Crippen LogP contribution in [0.4, 0.5) is 0 Å². The van der Waals surface area contributed by atoms with Crippen LogP contribution in [0.2, 0.25) is 0 Å².